The van der Waals surface area contributed by atoms with Crippen molar-refractivity contribution >= 4 is 13.3 Å². The van der Waals surface area contributed by atoms with Crippen molar-refractivity contribution in [2.24, 2.45) is 4.99 Å². The van der Waals surface area contributed by atoms with E-state index in [1.807, 2.05) is 30.3 Å². The van der Waals surface area contributed by atoms with Crippen LogP contribution < -0.4 is 0 Å². The number of aliphatic imine (C=N–C) groups is 1. The average molecular weight is 219 g/mol. The summed E-state index contributed by atoms with van der Waals surface area (Å²) in [7, 11) is 0.558. The van der Waals surface area contributed by atoms with E-state index in [9.17, 15) is 9.81 Å². The number of aliphatic hydroxyl groups excluding tert-OH is 2. The Kier molecular flexibility index (Phi) is 5.60. The van der Waals surface area contributed by atoms with E-state index in [1.165, 1.54) is 0 Å². The minimum atomic E-state index is -0.948. The second kappa shape index (κ2) is 7.03. The topological polar surface area (TPSA) is 69.9 Å². The molecule has 2 atom stereocenters. The van der Waals surface area contributed by atoms with Gasteiger partial charge >= 0.3 is 94.2 Å². The van der Waals surface area contributed by atoms with E-state index in [1.54, 1.807) is 0 Å². The first kappa shape index (κ1) is 12.7. The van der Waals surface area contributed by atoms with Crippen LogP contribution in [0.3, 0.4) is 0 Å². The molecule has 1 aromatic carbocycles. The molecule has 0 saturated carbocycles. The first-order valence-corrected chi connectivity index (χ1v) is 5.07. The molecular weight excluding hydrogens is 205 g/mol. The predicted octanol–water partition coefficient (Wildman–Crippen LogP) is 0.0289. The molecule has 0 bridgehead atoms. The molecule has 0 aliphatic carbocycles. The van der Waals surface area contributed by atoms with Gasteiger partial charge in [-0.15, -0.1) is 0 Å². The summed E-state index contributed by atoms with van der Waals surface area (Å²) in [6, 6.07) is 9.01. The van der Waals surface area contributed by atoms with E-state index in [2.05, 4.69) is 4.99 Å². The van der Waals surface area contributed by atoms with Crippen molar-refractivity contribution in [2.45, 2.75) is 18.6 Å². The third-order valence-corrected chi connectivity index (χ3v) is 2.26. The van der Waals surface area contributed by atoms with Gasteiger partial charge in [0.25, 0.3) is 0 Å². The molecule has 1 aromatic rings. The summed E-state index contributed by atoms with van der Waals surface area (Å²) in [4.78, 5) is 3.91. The number of rotatable bonds is 6. The van der Waals surface area contributed by atoms with Gasteiger partial charge in [0.05, 0.1) is 0 Å². The van der Waals surface area contributed by atoms with Crippen molar-refractivity contribution in [2.75, 3.05) is 6.61 Å². The van der Waals surface area contributed by atoms with Crippen LogP contribution in [0.2, 0.25) is 0 Å². The summed E-state index contributed by atoms with van der Waals surface area (Å²) in [6.45, 7) is -0.367. The van der Waals surface area contributed by atoms with Crippen molar-refractivity contribution < 1.29 is 14.9 Å². The van der Waals surface area contributed by atoms with Crippen molar-refractivity contribution in [1.82, 2.24) is 0 Å². The number of nitrogens with zero attached hydrogens (tertiary/aromatic N) is 1. The molecule has 0 amide bonds. The van der Waals surface area contributed by atoms with E-state index >= 15 is 0 Å². The predicted molar refractivity (Wildman–Crippen MR) is 62.0 cm³/mol. The first-order valence-electron chi connectivity index (χ1n) is 5.07. The Morgan fingerprint density at radius 3 is 2.62 bits per heavy atom. The monoisotopic (exact) mass is 219 g/mol. The average Bonchev–Trinajstić information content (AvgIpc) is 2.34. The minimum absolute atomic E-state index is 0.367. The van der Waals surface area contributed by atoms with Crippen LogP contribution in [0.25, 0.3) is 0 Å². The molecule has 0 unspecified atom stereocenters. The molecule has 0 radical (unpaired) electrons. The molecule has 0 fully saturated rings. The maximum atomic E-state index is 10.2. The third kappa shape index (κ3) is 4.04. The van der Waals surface area contributed by atoms with Gasteiger partial charge in [0.2, 0.25) is 0 Å². The zero-order valence-corrected chi connectivity index (χ0v) is 8.86. The van der Waals surface area contributed by atoms with Crippen LogP contribution in [0, 0.1) is 0 Å². The molecule has 0 aliphatic rings. The molecule has 0 aliphatic heterocycles. The molecule has 0 heterocycles. The van der Waals surface area contributed by atoms with Gasteiger partial charge in [-0.3, -0.25) is 0 Å². The van der Waals surface area contributed by atoms with Gasteiger partial charge in [-0.25, -0.2) is 0 Å². The van der Waals surface area contributed by atoms with Gasteiger partial charge in [0.1, 0.15) is 0 Å². The Labute approximate surface area is 94.9 Å². The quantitative estimate of drug-likeness (QED) is 0.523. The van der Waals surface area contributed by atoms with Crippen molar-refractivity contribution in [3.05, 3.63) is 35.9 Å². The Bertz CT molecular complexity index is 342. The zero-order chi connectivity index (χ0) is 11.8. The summed E-state index contributed by atoms with van der Waals surface area (Å²) in [6.07, 6.45) is 0.649. The molecule has 1 rings (SSSR count). The number of hydrogen-bond donors (Lipinski definition) is 2. The van der Waals surface area contributed by atoms with Crippen LogP contribution >= 0.6 is 0 Å². The summed E-state index contributed by atoms with van der Waals surface area (Å²) in [5.74, 6) is 0. The van der Waals surface area contributed by atoms with Crippen LogP contribution in [0.5, 0.6) is 0 Å². The Hall–Kier alpha value is -1.33. The van der Waals surface area contributed by atoms with Gasteiger partial charge in [-0.2, -0.15) is 0 Å². The third-order valence-electron chi connectivity index (χ3n) is 2.26. The van der Waals surface area contributed by atoms with Crippen LogP contribution in [-0.2, 0) is 11.1 Å². The fraction of sp³-hybridized carbons (Fsp3) is 0.364. The molecule has 5 heteroatoms. The van der Waals surface area contributed by atoms with Gasteiger partial charge in [-0.1, -0.05) is 0 Å². The summed E-state index contributed by atoms with van der Waals surface area (Å²) >= 11 is 0. The fourth-order valence-electron chi connectivity index (χ4n) is 1.41. The van der Waals surface area contributed by atoms with Crippen LogP contribution in [-0.4, -0.2) is 42.2 Å². The number of benzene rings is 1. The van der Waals surface area contributed by atoms with Crippen LogP contribution in [0.1, 0.15) is 5.56 Å². The van der Waals surface area contributed by atoms with E-state index < -0.39 is 12.1 Å². The van der Waals surface area contributed by atoms with Crippen LogP contribution in [0.15, 0.2) is 35.3 Å². The van der Waals surface area contributed by atoms with Gasteiger partial charge in [-0.05, 0) is 0 Å². The van der Waals surface area contributed by atoms with Crippen molar-refractivity contribution in [1.29, 1.82) is 0 Å². The standard InChI is InChI=1S/C11H14BNO3/c14-7-11(15)10(13-8-12-16)6-9-4-2-1-3-5-9/h1-5,8,10-11,14-15H,6-7H2/t10-,11+/m0/s1. The van der Waals surface area contributed by atoms with E-state index in [-0.39, 0.29) is 6.61 Å². The molecule has 84 valence electrons. The molecule has 0 aromatic heterocycles. The summed E-state index contributed by atoms with van der Waals surface area (Å²) in [5, 5.41) is 18.4. The first-order chi connectivity index (χ1) is 7.77. The van der Waals surface area contributed by atoms with Gasteiger partial charge in [0, 0.05) is 0 Å². The molecule has 2 N–H and O–H groups in total. The Morgan fingerprint density at radius 2 is 2.06 bits per heavy atom. The van der Waals surface area contributed by atoms with E-state index in [0.717, 1.165) is 11.7 Å². The molecule has 0 saturated heterocycles. The van der Waals surface area contributed by atoms with Crippen molar-refractivity contribution in [3.63, 3.8) is 0 Å². The SMILES string of the molecule is O=BC=N[C@@H](Cc1ccccc1)[C@H](O)CO. The van der Waals surface area contributed by atoms with E-state index in [0.29, 0.717) is 13.6 Å². The van der Waals surface area contributed by atoms with Crippen LogP contribution in [0.4, 0.5) is 0 Å². The molecular formula is C11H14BNO3. The second-order valence-corrected chi connectivity index (χ2v) is 3.44. The summed E-state index contributed by atoms with van der Waals surface area (Å²) < 4.78 is 10.2. The van der Waals surface area contributed by atoms with E-state index in [4.69, 9.17) is 5.11 Å². The summed E-state index contributed by atoms with van der Waals surface area (Å²) in [5.41, 5.74) is 1.00. The van der Waals surface area contributed by atoms with Gasteiger partial charge < -0.3 is 0 Å². The molecule has 16 heavy (non-hydrogen) atoms. The number of hydrogen-bond acceptors (Lipinski definition) is 4. The number of aliphatic hydroxyl groups is 2. The normalized spacial score (nSPS) is 14.6. The zero-order valence-electron chi connectivity index (χ0n) is 8.86. The van der Waals surface area contributed by atoms with Gasteiger partial charge in [0.15, 0.2) is 0 Å². The maximum absolute atomic E-state index is 10.2. The van der Waals surface area contributed by atoms with Crippen molar-refractivity contribution in [3.8, 4) is 0 Å². The second-order valence-electron chi connectivity index (χ2n) is 3.44. The molecule has 4 nitrogen and oxygen atoms in total. The fourth-order valence-corrected chi connectivity index (χ4v) is 1.41. The Morgan fingerprint density at radius 1 is 1.38 bits per heavy atom. The molecule has 0 spiro atoms. The Balaban J connectivity index is 2.70.